The van der Waals surface area contributed by atoms with Crippen LogP contribution >= 0.6 is 11.3 Å². The van der Waals surface area contributed by atoms with Crippen LogP contribution in [0, 0.1) is 5.82 Å². The van der Waals surface area contributed by atoms with Gasteiger partial charge in [-0.2, -0.15) is 11.3 Å². The summed E-state index contributed by atoms with van der Waals surface area (Å²) >= 11 is 1.64. The molecule has 1 spiro atoms. The minimum atomic E-state index is -0.174. The lowest BCUT2D eigenvalue weighted by molar-refractivity contribution is -0.149. The molecule has 2 saturated heterocycles. The van der Waals surface area contributed by atoms with E-state index in [1.54, 1.807) is 23.5 Å². The average Bonchev–Trinajstić information content (AvgIpc) is 3.49. The Morgan fingerprint density at radius 2 is 1.87 bits per heavy atom. The molecular formula is C25H31FN2O2S. The number of halogens is 1. The molecule has 1 aromatic carbocycles. The van der Waals surface area contributed by atoms with Gasteiger partial charge in [0.25, 0.3) is 0 Å². The van der Waals surface area contributed by atoms with Crippen molar-refractivity contribution in [3.8, 4) is 0 Å². The molecule has 0 radical (unpaired) electrons. The largest absolute Gasteiger partial charge is 0.375 e. The molecule has 1 aromatic heterocycles. The predicted molar refractivity (Wildman–Crippen MR) is 121 cm³/mol. The van der Waals surface area contributed by atoms with Crippen molar-refractivity contribution in [1.29, 1.82) is 0 Å². The van der Waals surface area contributed by atoms with E-state index in [0.29, 0.717) is 18.5 Å². The highest BCUT2D eigenvalue weighted by Crippen LogP contribution is 2.40. The third kappa shape index (κ3) is 5.02. The number of piperidine rings is 1. The fourth-order valence-corrected chi connectivity index (χ4v) is 5.91. The summed E-state index contributed by atoms with van der Waals surface area (Å²) in [5.74, 6) is 0.0589. The first-order valence-electron chi connectivity index (χ1n) is 11.5. The summed E-state index contributed by atoms with van der Waals surface area (Å²) in [5, 5.41) is 4.09. The molecule has 0 bridgehead atoms. The van der Waals surface area contributed by atoms with E-state index >= 15 is 0 Å². The maximum absolute atomic E-state index is 13.3. The fourth-order valence-electron chi connectivity index (χ4n) is 5.24. The van der Waals surface area contributed by atoms with Crippen molar-refractivity contribution in [3.63, 3.8) is 0 Å². The normalized spacial score (nSPS) is 23.4. The number of ether oxygens (including phenoxy) is 1. The molecule has 3 aliphatic rings. The Bertz CT molecular complexity index is 873. The third-order valence-electron chi connectivity index (χ3n) is 7.19. The quantitative estimate of drug-likeness (QED) is 0.654. The number of benzene rings is 1. The Kier molecular flexibility index (Phi) is 6.13. The zero-order valence-corrected chi connectivity index (χ0v) is 18.8. The van der Waals surface area contributed by atoms with Gasteiger partial charge in [-0.05, 0) is 78.6 Å². The van der Waals surface area contributed by atoms with E-state index in [-0.39, 0.29) is 17.3 Å². The van der Waals surface area contributed by atoms with Crippen LogP contribution in [0.1, 0.15) is 49.7 Å². The molecule has 3 heterocycles. The van der Waals surface area contributed by atoms with Crippen molar-refractivity contribution < 1.29 is 13.9 Å². The van der Waals surface area contributed by atoms with Crippen molar-refractivity contribution in [3.05, 3.63) is 58.0 Å². The van der Waals surface area contributed by atoms with Crippen LogP contribution in [0.25, 0.3) is 0 Å². The lowest BCUT2D eigenvalue weighted by Crippen LogP contribution is -2.54. The Labute approximate surface area is 188 Å². The molecule has 31 heavy (non-hydrogen) atoms. The highest BCUT2D eigenvalue weighted by Gasteiger charge is 2.44. The first kappa shape index (κ1) is 21.1. The second-order valence-electron chi connectivity index (χ2n) is 9.40. The van der Waals surface area contributed by atoms with Crippen molar-refractivity contribution in [2.24, 2.45) is 0 Å². The fraction of sp³-hybridized carbons (Fsp3) is 0.560. The van der Waals surface area contributed by atoms with Crippen molar-refractivity contribution in [1.82, 2.24) is 9.80 Å². The van der Waals surface area contributed by atoms with Crippen LogP contribution in [0.3, 0.4) is 0 Å². The lowest BCUT2D eigenvalue weighted by Gasteiger charge is -2.48. The monoisotopic (exact) mass is 442 g/mol. The summed E-state index contributed by atoms with van der Waals surface area (Å²) < 4.78 is 19.7. The number of rotatable bonds is 6. The molecular weight excluding hydrogens is 411 g/mol. The summed E-state index contributed by atoms with van der Waals surface area (Å²) in [4.78, 5) is 17.4. The minimum Gasteiger partial charge on any atom is -0.375 e. The van der Waals surface area contributed by atoms with Crippen LogP contribution in [-0.2, 0) is 22.5 Å². The van der Waals surface area contributed by atoms with E-state index in [2.05, 4.69) is 10.3 Å². The smallest absolute Gasteiger partial charge is 0.227 e. The van der Waals surface area contributed by atoms with Crippen molar-refractivity contribution in [2.75, 3.05) is 19.7 Å². The molecule has 2 aliphatic heterocycles. The van der Waals surface area contributed by atoms with Gasteiger partial charge in [-0.25, -0.2) is 4.39 Å². The second kappa shape index (κ2) is 9.00. The van der Waals surface area contributed by atoms with E-state index in [1.807, 2.05) is 28.5 Å². The third-order valence-corrected chi connectivity index (χ3v) is 7.93. The van der Waals surface area contributed by atoms with Gasteiger partial charge in [-0.15, -0.1) is 0 Å². The van der Waals surface area contributed by atoms with E-state index in [9.17, 15) is 9.18 Å². The van der Waals surface area contributed by atoms with Gasteiger partial charge < -0.3 is 9.64 Å². The number of likely N-dealkylation sites (tertiary alicyclic amines) is 1. The van der Waals surface area contributed by atoms with Gasteiger partial charge in [-0.1, -0.05) is 12.1 Å². The van der Waals surface area contributed by atoms with Gasteiger partial charge in [-0.3, -0.25) is 9.69 Å². The summed E-state index contributed by atoms with van der Waals surface area (Å²) in [6.45, 7) is 3.26. The number of amides is 1. The van der Waals surface area contributed by atoms with Gasteiger partial charge in [0.2, 0.25) is 5.91 Å². The second-order valence-corrected chi connectivity index (χ2v) is 10.2. The molecule has 0 N–H and O–H groups in total. The van der Waals surface area contributed by atoms with E-state index in [0.717, 1.165) is 57.5 Å². The van der Waals surface area contributed by atoms with Gasteiger partial charge in [0.1, 0.15) is 5.82 Å². The zero-order chi connectivity index (χ0) is 21.3. The molecule has 1 aliphatic carbocycles. The standard InChI is InChI=1S/C25H31FN2O2S/c26-21-3-1-19(2-4-21)17-28(22-5-6-22)23-7-13-30-25(16-23)9-11-27(12-10-25)24(29)15-20-8-14-31-18-20/h1-4,8,14,18,22-23H,5-7,9-13,15-17H2. The van der Waals surface area contributed by atoms with Crippen LogP contribution in [-0.4, -0.2) is 53.1 Å². The molecule has 5 rings (SSSR count). The van der Waals surface area contributed by atoms with Gasteiger partial charge in [0.15, 0.2) is 0 Å². The molecule has 166 valence electrons. The summed E-state index contributed by atoms with van der Waals surface area (Å²) in [6, 6.07) is 10.1. The molecule has 4 nitrogen and oxygen atoms in total. The number of hydrogen-bond acceptors (Lipinski definition) is 4. The van der Waals surface area contributed by atoms with Crippen LogP contribution in [0.2, 0.25) is 0 Å². The van der Waals surface area contributed by atoms with Gasteiger partial charge >= 0.3 is 0 Å². The summed E-state index contributed by atoms with van der Waals surface area (Å²) in [7, 11) is 0. The molecule has 1 atom stereocenters. The molecule has 1 saturated carbocycles. The van der Waals surface area contributed by atoms with Crippen LogP contribution < -0.4 is 0 Å². The van der Waals surface area contributed by atoms with Crippen molar-refractivity contribution >= 4 is 17.2 Å². The van der Waals surface area contributed by atoms with Crippen LogP contribution in [0.15, 0.2) is 41.1 Å². The Morgan fingerprint density at radius 1 is 1.10 bits per heavy atom. The Hall–Kier alpha value is -1.76. The summed E-state index contributed by atoms with van der Waals surface area (Å²) in [5.41, 5.74) is 2.20. The number of carbonyl (C=O) groups is 1. The molecule has 3 fully saturated rings. The lowest BCUT2D eigenvalue weighted by atomic mass is 9.81. The number of nitrogens with zero attached hydrogens (tertiary/aromatic N) is 2. The number of carbonyl (C=O) groups excluding carboxylic acids is 1. The van der Waals surface area contributed by atoms with Gasteiger partial charge in [0, 0.05) is 38.3 Å². The van der Waals surface area contributed by atoms with Crippen LogP contribution in [0.4, 0.5) is 4.39 Å². The topological polar surface area (TPSA) is 32.8 Å². The zero-order valence-electron chi connectivity index (χ0n) is 18.0. The first-order valence-corrected chi connectivity index (χ1v) is 12.5. The predicted octanol–water partition coefficient (Wildman–Crippen LogP) is 4.63. The number of thiophene rings is 1. The Balaban J connectivity index is 1.20. The van der Waals surface area contributed by atoms with Crippen molar-refractivity contribution in [2.45, 2.75) is 69.2 Å². The Morgan fingerprint density at radius 3 is 2.55 bits per heavy atom. The summed E-state index contributed by atoms with van der Waals surface area (Å²) in [6.07, 6.45) is 6.97. The maximum Gasteiger partial charge on any atom is 0.227 e. The first-order chi connectivity index (χ1) is 15.1. The molecule has 1 amide bonds. The van der Waals surface area contributed by atoms with Crippen LogP contribution in [0.5, 0.6) is 0 Å². The average molecular weight is 443 g/mol. The van der Waals surface area contributed by atoms with E-state index < -0.39 is 0 Å². The van der Waals surface area contributed by atoms with E-state index in [1.165, 1.54) is 18.4 Å². The van der Waals surface area contributed by atoms with E-state index in [4.69, 9.17) is 4.74 Å². The molecule has 2 aromatic rings. The maximum atomic E-state index is 13.3. The van der Waals surface area contributed by atoms with Gasteiger partial charge in [0.05, 0.1) is 12.0 Å². The number of hydrogen-bond donors (Lipinski definition) is 0. The minimum absolute atomic E-state index is 0.0992. The highest BCUT2D eigenvalue weighted by atomic mass is 32.1. The molecule has 6 heteroatoms. The molecule has 1 unspecified atom stereocenters. The highest BCUT2D eigenvalue weighted by molar-refractivity contribution is 7.08. The SMILES string of the molecule is O=C(Cc1ccsc1)N1CCC2(CC1)CC(N(Cc1ccc(F)cc1)C1CC1)CCO2.